The van der Waals surface area contributed by atoms with Gasteiger partial charge in [0.2, 0.25) is 5.91 Å². The maximum absolute atomic E-state index is 11.7. The lowest BCUT2D eigenvalue weighted by Crippen LogP contribution is -2.34. The van der Waals surface area contributed by atoms with E-state index in [-0.39, 0.29) is 5.91 Å². The van der Waals surface area contributed by atoms with Gasteiger partial charge in [-0.2, -0.15) is 0 Å². The third kappa shape index (κ3) is 2.72. The van der Waals surface area contributed by atoms with Crippen molar-refractivity contribution in [3.8, 4) is 0 Å². The highest BCUT2D eigenvalue weighted by Gasteiger charge is 2.25. The number of carbonyl (C=O) groups is 1. The smallest absolute Gasteiger partial charge is 0.221 e. The SMILES string of the molecule is O=C(CCNC1CC1)NCC1Cc2ccccc21. The van der Waals surface area contributed by atoms with Crippen molar-refractivity contribution in [2.45, 2.75) is 37.6 Å². The predicted octanol–water partition coefficient (Wildman–Crippen LogP) is 1.58. The van der Waals surface area contributed by atoms with Gasteiger partial charge in [-0.15, -0.1) is 0 Å². The summed E-state index contributed by atoms with van der Waals surface area (Å²) < 4.78 is 0. The number of rotatable bonds is 6. The minimum Gasteiger partial charge on any atom is -0.355 e. The molecule has 96 valence electrons. The normalized spacial score (nSPS) is 21.0. The largest absolute Gasteiger partial charge is 0.355 e. The second-order valence-corrected chi connectivity index (χ2v) is 5.38. The molecule has 18 heavy (non-hydrogen) atoms. The molecule has 0 spiro atoms. The molecule has 1 atom stereocenters. The lowest BCUT2D eigenvalue weighted by atomic mass is 9.77. The van der Waals surface area contributed by atoms with Gasteiger partial charge in [0.15, 0.2) is 0 Å². The van der Waals surface area contributed by atoms with E-state index >= 15 is 0 Å². The van der Waals surface area contributed by atoms with E-state index in [9.17, 15) is 4.79 Å². The maximum atomic E-state index is 11.7. The number of fused-ring (bicyclic) bond motifs is 1. The summed E-state index contributed by atoms with van der Waals surface area (Å²) in [6.07, 6.45) is 4.27. The Morgan fingerprint density at radius 3 is 2.89 bits per heavy atom. The topological polar surface area (TPSA) is 41.1 Å². The molecule has 1 unspecified atom stereocenters. The first-order valence-electron chi connectivity index (χ1n) is 6.91. The van der Waals surface area contributed by atoms with Crippen LogP contribution in [0.4, 0.5) is 0 Å². The van der Waals surface area contributed by atoms with Crippen LogP contribution in [-0.4, -0.2) is 25.0 Å². The van der Waals surface area contributed by atoms with Crippen LogP contribution in [0.3, 0.4) is 0 Å². The summed E-state index contributed by atoms with van der Waals surface area (Å²) in [5.74, 6) is 0.703. The Morgan fingerprint density at radius 2 is 2.11 bits per heavy atom. The molecular formula is C15H20N2O. The maximum Gasteiger partial charge on any atom is 0.221 e. The molecule has 1 aromatic rings. The number of benzene rings is 1. The molecule has 0 bridgehead atoms. The minimum atomic E-state index is 0.174. The molecule has 0 aliphatic heterocycles. The summed E-state index contributed by atoms with van der Waals surface area (Å²) in [6, 6.07) is 9.19. The van der Waals surface area contributed by atoms with E-state index in [0.29, 0.717) is 18.4 Å². The number of carbonyl (C=O) groups excluding carboxylic acids is 1. The van der Waals surface area contributed by atoms with Gasteiger partial charge in [0, 0.05) is 31.5 Å². The van der Waals surface area contributed by atoms with Gasteiger partial charge in [-0.1, -0.05) is 24.3 Å². The molecule has 2 N–H and O–H groups in total. The molecule has 2 aliphatic rings. The van der Waals surface area contributed by atoms with Gasteiger partial charge < -0.3 is 10.6 Å². The zero-order valence-electron chi connectivity index (χ0n) is 10.6. The van der Waals surface area contributed by atoms with Crippen molar-refractivity contribution in [2.75, 3.05) is 13.1 Å². The Kier molecular flexibility index (Phi) is 3.33. The van der Waals surface area contributed by atoms with Crippen molar-refractivity contribution >= 4 is 5.91 Å². The van der Waals surface area contributed by atoms with E-state index in [1.807, 2.05) is 0 Å². The fourth-order valence-electron chi connectivity index (χ4n) is 2.55. The molecule has 1 amide bonds. The van der Waals surface area contributed by atoms with E-state index in [1.54, 1.807) is 0 Å². The minimum absolute atomic E-state index is 0.174. The first kappa shape index (κ1) is 11.7. The van der Waals surface area contributed by atoms with Gasteiger partial charge in [0.25, 0.3) is 0 Å². The number of hydrogen-bond donors (Lipinski definition) is 2. The van der Waals surface area contributed by atoms with Crippen LogP contribution in [0.15, 0.2) is 24.3 Å². The average molecular weight is 244 g/mol. The van der Waals surface area contributed by atoms with Gasteiger partial charge in [0.05, 0.1) is 0 Å². The third-order valence-electron chi connectivity index (χ3n) is 3.87. The Bertz CT molecular complexity index is 440. The summed E-state index contributed by atoms with van der Waals surface area (Å²) in [6.45, 7) is 1.61. The highest BCUT2D eigenvalue weighted by Crippen LogP contribution is 2.33. The highest BCUT2D eigenvalue weighted by molar-refractivity contribution is 5.76. The second kappa shape index (κ2) is 5.11. The lowest BCUT2D eigenvalue weighted by molar-refractivity contribution is -0.121. The van der Waals surface area contributed by atoms with Gasteiger partial charge >= 0.3 is 0 Å². The zero-order chi connectivity index (χ0) is 12.4. The van der Waals surface area contributed by atoms with Crippen LogP contribution in [0.2, 0.25) is 0 Å². The number of amides is 1. The monoisotopic (exact) mass is 244 g/mol. The van der Waals surface area contributed by atoms with Crippen LogP contribution >= 0.6 is 0 Å². The van der Waals surface area contributed by atoms with Crippen molar-refractivity contribution < 1.29 is 4.79 Å². The van der Waals surface area contributed by atoms with Crippen molar-refractivity contribution in [2.24, 2.45) is 0 Å². The van der Waals surface area contributed by atoms with Gasteiger partial charge in [-0.25, -0.2) is 0 Å². The molecule has 3 nitrogen and oxygen atoms in total. The fourth-order valence-corrected chi connectivity index (χ4v) is 2.55. The standard InChI is InChI=1S/C15H20N2O/c18-15(7-8-16-13-5-6-13)17-10-12-9-11-3-1-2-4-14(11)12/h1-4,12-13,16H,5-10H2,(H,17,18). The first-order valence-corrected chi connectivity index (χ1v) is 6.91. The second-order valence-electron chi connectivity index (χ2n) is 5.38. The summed E-state index contributed by atoms with van der Waals surface area (Å²) in [5.41, 5.74) is 2.85. The molecule has 0 saturated heterocycles. The summed E-state index contributed by atoms with van der Waals surface area (Å²) in [4.78, 5) is 11.7. The van der Waals surface area contributed by atoms with Gasteiger partial charge in [-0.3, -0.25) is 4.79 Å². The van der Waals surface area contributed by atoms with E-state index in [1.165, 1.54) is 24.0 Å². The quantitative estimate of drug-likeness (QED) is 0.798. The summed E-state index contributed by atoms with van der Waals surface area (Å²) in [7, 11) is 0. The molecule has 1 saturated carbocycles. The average Bonchev–Trinajstić information content (AvgIpc) is 3.14. The Morgan fingerprint density at radius 1 is 1.28 bits per heavy atom. The predicted molar refractivity (Wildman–Crippen MR) is 71.5 cm³/mol. The molecule has 0 radical (unpaired) electrons. The zero-order valence-corrected chi connectivity index (χ0v) is 10.6. The van der Waals surface area contributed by atoms with E-state index in [2.05, 4.69) is 34.9 Å². The summed E-state index contributed by atoms with van der Waals surface area (Å²) in [5, 5.41) is 6.40. The van der Waals surface area contributed by atoms with Crippen molar-refractivity contribution in [1.82, 2.24) is 10.6 Å². The van der Waals surface area contributed by atoms with Crippen LogP contribution in [0, 0.1) is 0 Å². The van der Waals surface area contributed by atoms with Crippen LogP contribution in [0.5, 0.6) is 0 Å². The lowest BCUT2D eigenvalue weighted by Gasteiger charge is -2.30. The molecule has 3 heteroatoms. The van der Waals surface area contributed by atoms with Crippen LogP contribution < -0.4 is 10.6 Å². The fraction of sp³-hybridized carbons (Fsp3) is 0.533. The first-order chi connectivity index (χ1) is 8.83. The molecular weight excluding hydrogens is 224 g/mol. The molecule has 3 rings (SSSR count). The van der Waals surface area contributed by atoms with Gasteiger partial charge in [0.1, 0.15) is 0 Å². The van der Waals surface area contributed by atoms with E-state index < -0.39 is 0 Å². The van der Waals surface area contributed by atoms with E-state index in [4.69, 9.17) is 0 Å². The Labute approximate surface area is 108 Å². The molecule has 0 aromatic heterocycles. The Balaban J connectivity index is 1.36. The van der Waals surface area contributed by atoms with Crippen molar-refractivity contribution in [3.63, 3.8) is 0 Å². The summed E-state index contributed by atoms with van der Waals surface area (Å²) >= 11 is 0. The van der Waals surface area contributed by atoms with E-state index in [0.717, 1.165) is 19.5 Å². The number of hydrogen-bond acceptors (Lipinski definition) is 2. The van der Waals surface area contributed by atoms with Crippen LogP contribution in [-0.2, 0) is 11.2 Å². The van der Waals surface area contributed by atoms with Crippen molar-refractivity contribution in [3.05, 3.63) is 35.4 Å². The van der Waals surface area contributed by atoms with Gasteiger partial charge in [-0.05, 0) is 30.4 Å². The highest BCUT2D eigenvalue weighted by atomic mass is 16.1. The van der Waals surface area contributed by atoms with Crippen molar-refractivity contribution in [1.29, 1.82) is 0 Å². The third-order valence-corrected chi connectivity index (χ3v) is 3.87. The molecule has 1 aromatic carbocycles. The molecule has 0 heterocycles. The molecule has 1 fully saturated rings. The molecule has 2 aliphatic carbocycles. The number of nitrogens with one attached hydrogen (secondary N) is 2. The van der Waals surface area contributed by atoms with Crippen LogP contribution in [0.1, 0.15) is 36.3 Å². The van der Waals surface area contributed by atoms with Crippen LogP contribution in [0.25, 0.3) is 0 Å². The Hall–Kier alpha value is -1.35.